The summed E-state index contributed by atoms with van der Waals surface area (Å²) in [5.41, 5.74) is 0.277. The topological polar surface area (TPSA) is 25.8 Å². The molecule has 0 atom stereocenters. The number of nitrogens with zero attached hydrogens (tertiary/aromatic N) is 2. The van der Waals surface area contributed by atoms with Gasteiger partial charge in [-0.05, 0) is 12.3 Å². The van der Waals surface area contributed by atoms with Crippen LogP contribution in [0.4, 0.5) is 8.78 Å². The Hall–Kier alpha value is -0.850. The van der Waals surface area contributed by atoms with Crippen LogP contribution in [0.5, 0.6) is 0 Å². The minimum absolute atomic E-state index is 0.248. The lowest BCUT2D eigenvalue weighted by Gasteiger charge is -2.04. The van der Waals surface area contributed by atoms with Crippen LogP contribution in [0.15, 0.2) is 34.4 Å². The van der Waals surface area contributed by atoms with E-state index in [1.807, 2.05) is 6.26 Å². The third-order valence-corrected chi connectivity index (χ3v) is 3.97. The maximum atomic E-state index is 13.5. The van der Waals surface area contributed by atoms with Gasteiger partial charge in [0.15, 0.2) is 16.8 Å². The minimum Gasteiger partial charge on any atom is -0.216 e. The zero-order valence-electron chi connectivity index (χ0n) is 9.86. The quantitative estimate of drug-likeness (QED) is 0.473. The molecule has 0 fully saturated rings. The predicted molar refractivity (Wildman–Crippen MR) is 74.7 cm³/mol. The summed E-state index contributed by atoms with van der Waals surface area (Å²) in [6.45, 7) is 0. The van der Waals surface area contributed by atoms with E-state index in [1.54, 1.807) is 6.07 Å². The molecule has 19 heavy (non-hydrogen) atoms. The highest BCUT2D eigenvalue weighted by Gasteiger charge is 2.09. The Morgan fingerprint density at radius 1 is 1.26 bits per heavy atom. The zero-order chi connectivity index (χ0) is 13.8. The van der Waals surface area contributed by atoms with Gasteiger partial charge < -0.3 is 0 Å². The van der Waals surface area contributed by atoms with E-state index in [1.165, 1.54) is 35.7 Å². The van der Waals surface area contributed by atoms with E-state index in [-0.39, 0.29) is 11.3 Å². The van der Waals surface area contributed by atoms with Crippen molar-refractivity contribution in [2.24, 2.45) is 0 Å². The molecule has 0 aliphatic carbocycles. The maximum absolute atomic E-state index is 13.5. The van der Waals surface area contributed by atoms with Crippen molar-refractivity contribution in [1.29, 1.82) is 0 Å². The predicted octanol–water partition coefficient (Wildman–Crippen LogP) is 4.42. The van der Waals surface area contributed by atoms with Crippen LogP contribution in [-0.4, -0.2) is 16.2 Å². The van der Waals surface area contributed by atoms with Crippen molar-refractivity contribution in [2.75, 3.05) is 6.26 Å². The summed E-state index contributed by atoms with van der Waals surface area (Å²) in [5, 5.41) is 1.52. The molecule has 0 aliphatic rings. The molecule has 0 aliphatic heterocycles. The SMILES string of the molecule is CSc1cc(Cl)nc(SCc2cccc(F)c2F)n1. The summed E-state index contributed by atoms with van der Waals surface area (Å²) in [6, 6.07) is 5.75. The third kappa shape index (κ3) is 3.81. The second-order valence-electron chi connectivity index (χ2n) is 3.52. The normalized spacial score (nSPS) is 10.7. The monoisotopic (exact) mass is 318 g/mol. The fourth-order valence-corrected chi connectivity index (χ4v) is 2.95. The number of benzene rings is 1. The molecule has 0 saturated heterocycles. The summed E-state index contributed by atoms with van der Waals surface area (Å²) < 4.78 is 26.5. The smallest absolute Gasteiger partial charge is 0.190 e. The molecule has 1 heterocycles. The van der Waals surface area contributed by atoms with E-state index < -0.39 is 11.6 Å². The summed E-state index contributed by atoms with van der Waals surface area (Å²) >= 11 is 8.51. The van der Waals surface area contributed by atoms with Crippen LogP contribution in [0.1, 0.15) is 5.56 Å². The van der Waals surface area contributed by atoms with E-state index in [4.69, 9.17) is 11.6 Å². The number of hydrogen-bond acceptors (Lipinski definition) is 4. The highest BCUT2D eigenvalue weighted by Crippen LogP contribution is 2.25. The largest absolute Gasteiger partial charge is 0.216 e. The van der Waals surface area contributed by atoms with Crippen molar-refractivity contribution < 1.29 is 8.78 Å². The Kier molecular flexibility index (Phi) is 5.01. The molecule has 1 aromatic carbocycles. The number of halogens is 3. The first kappa shape index (κ1) is 14.6. The van der Waals surface area contributed by atoms with E-state index in [2.05, 4.69) is 9.97 Å². The Morgan fingerprint density at radius 3 is 2.79 bits per heavy atom. The molecule has 2 aromatic rings. The standard InChI is InChI=1S/C12H9ClF2N2S2/c1-18-10-5-9(13)16-12(17-10)19-6-7-3-2-4-8(14)11(7)15/h2-5H,6H2,1H3. The molecule has 2 nitrogen and oxygen atoms in total. The van der Waals surface area contributed by atoms with Crippen LogP contribution in [0.2, 0.25) is 5.15 Å². The van der Waals surface area contributed by atoms with Crippen LogP contribution in [0, 0.1) is 11.6 Å². The lowest BCUT2D eigenvalue weighted by molar-refractivity contribution is 0.502. The summed E-state index contributed by atoms with van der Waals surface area (Å²) in [5.74, 6) is -1.44. The van der Waals surface area contributed by atoms with Crippen LogP contribution in [0.3, 0.4) is 0 Å². The average Bonchev–Trinajstić information content (AvgIpc) is 2.40. The molecule has 100 valence electrons. The Bertz CT molecular complexity index is 596. The van der Waals surface area contributed by atoms with Gasteiger partial charge in [-0.25, -0.2) is 18.7 Å². The van der Waals surface area contributed by atoms with Crippen molar-refractivity contribution in [3.05, 3.63) is 46.6 Å². The minimum atomic E-state index is -0.852. The number of aromatic nitrogens is 2. The van der Waals surface area contributed by atoms with E-state index in [9.17, 15) is 8.78 Å². The van der Waals surface area contributed by atoms with Crippen molar-refractivity contribution >= 4 is 35.1 Å². The van der Waals surface area contributed by atoms with Crippen LogP contribution in [0.25, 0.3) is 0 Å². The molecule has 1 aromatic heterocycles. The molecule has 0 saturated carbocycles. The Labute approximate surface area is 123 Å². The first-order valence-corrected chi connectivity index (χ1v) is 7.83. The van der Waals surface area contributed by atoms with Gasteiger partial charge in [0.1, 0.15) is 10.2 Å². The van der Waals surface area contributed by atoms with Crippen molar-refractivity contribution in [3.63, 3.8) is 0 Å². The molecule has 0 bridgehead atoms. The summed E-state index contributed by atoms with van der Waals surface area (Å²) in [7, 11) is 0. The maximum Gasteiger partial charge on any atom is 0.190 e. The van der Waals surface area contributed by atoms with Crippen LogP contribution in [-0.2, 0) is 5.75 Å². The second kappa shape index (κ2) is 6.54. The molecule has 0 radical (unpaired) electrons. The van der Waals surface area contributed by atoms with Gasteiger partial charge in [-0.1, -0.05) is 35.5 Å². The first-order chi connectivity index (χ1) is 9.10. The fraction of sp³-hybridized carbons (Fsp3) is 0.167. The lowest BCUT2D eigenvalue weighted by Crippen LogP contribution is -1.94. The molecule has 0 unspecified atom stereocenters. The van der Waals surface area contributed by atoms with Gasteiger partial charge in [0.2, 0.25) is 0 Å². The Balaban J connectivity index is 2.14. The van der Waals surface area contributed by atoms with Gasteiger partial charge in [0.25, 0.3) is 0 Å². The lowest BCUT2D eigenvalue weighted by atomic mass is 10.2. The fourth-order valence-electron chi connectivity index (χ4n) is 1.35. The van der Waals surface area contributed by atoms with E-state index in [0.717, 1.165) is 11.1 Å². The average molecular weight is 319 g/mol. The molecule has 0 spiro atoms. The third-order valence-electron chi connectivity index (χ3n) is 2.25. The number of thioether (sulfide) groups is 2. The van der Waals surface area contributed by atoms with Gasteiger partial charge >= 0.3 is 0 Å². The van der Waals surface area contributed by atoms with Gasteiger partial charge in [-0.15, -0.1) is 11.8 Å². The van der Waals surface area contributed by atoms with E-state index in [0.29, 0.717) is 10.3 Å². The second-order valence-corrected chi connectivity index (χ2v) is 5.67. The molecule has 0 N–H and O–H groups in total. The number of rotatable bonds is 4. The zero-order valence-corrected chi connectivity index (χ0v) is 12.3. The highest BCUT2D eigenvalue weighted by atomic mass is 35.5. The first-order valence-electron chi connectivity index (χ1n) is 5.24. The van der Waals surface area contributed by atoms with Gasteiger partial charge in [0, 0.05) is 17.4 Å². The highest BCUT2D eigenvalue weighted by molar-refractivity contribution is 7.99. The molecule has 7 heteroatoms. The van der Waals surface area contributed by atoms with Crippen molar-refractivity contribution in [2.45, 2.75) is 15.9 Å². The molecular formula is C12H9ClF2N2S2. The molecular weight excluding hydrogens is 310 g/mol. The summed E-state index contributed by atoms with van der Waals surface area (Å²) in [6.07, 6.45) is 1.87. The number of hydrogen-bond donors (Lipinski definition) is 0. The van der Waals surface area contributed by atoms with Crippen LogP contribution < -0.4 is 0 Å². The van der Waals surface area contributed by atoms with Crippen LogP contribution >= 0.6 is 35.1 Å². The molecule has 2 rings (SSSR count). The van der Waals surface area contributed by atoms with Crippen molar-refractivity contribution in [1.82, 2.24) is 9.97 Å². The van der Waals surface area contributed by atoms with Gasteiger partial charge in [0.05, 0.1) is 0 Å². The Morgan fingerprint density at radius 2 is 2.05 bits per heavy atom. The summed E-state index contributed by atoms with van der Waals surface area (Å²) in [4.78, 5) is 8.27. The van der Waals surface area contributed by atoms with Crippen molar-refractivity contribution in [3.8, 4) is 0 Å². The van der Waals surface area contributed by atoms with Gasteiger partial charge in [-0.2, -0.15) is 0 Å². The van der Waals surface area contributed by atoms with Gasteiger partial charge in [-0.3, -0.25) is 0 Å². The molecule has 0 amide bonds. The van der Waals surface area contributed by atoms with E-state index >= 15 is 0 Å².